The fourth-order valence-electron chi connectivity index (χ4n) is 4.48. The second kappa shape index (κ2) is 6.59. The zero-order valence-corrected chi connectivity index (χ0v) is 13.7. The lowest BCUT2D eigenvalue weighted by atomic mass is 9.94. The molecule has 1 amide bonds. The van der Waals surface area contributed by atoms with E-state index in [0.717, 1.165) is 19.5 Å². The monoisotopic (exact) mass is 320 g/mol. The Morgan fingerprint density at radius 1 is 1.18 bits per heavy atom. The number of hydrogen-bond donors (Lipinski definition) is 2. The predicted molar refractivity (Wildman–Crippen MR) is 90.1 cm³/mol. The summed E-state index contributed by atoms with van der Waals surface area (Å²) in [5.74, 6) is 2.03. The van der Waals surface area contributed by atoms with Crippen LogP contribution < -0.4 is 10.6 Å². The molecular formula is C18H25ClN2O. The molecule has 1 heterocycles. The van der Waals surface area contributed by atoms with Crippen molar-refractivity contribution in [3.63, 3.8) is 0 Å². The number of carbonyl (C=O) groups excluding carboxylic acids is 1. The Hall–Kier alpha value is -1.06. The predicted octanol–water partition coefficient (Wildman–Crippen LogP) is 2.85. The van der Waals surface area contributed by atoms with Crippen molar-refractivity contribution in [2.75, 3.05) is 13.1 Å². The first-order chi connectivity index (χ1) is 10.3. The average molecular weight is 321 g/mol. The maximum absolute atomic E-state index is 12.4. The summed E-state index contributed by atoms with van der Waals surface area (Å²) in [7, 11) is 0. The number of rotatable bonds is 3. The van der Waals surface area contributed by atoms with E-state index >= 15 is 0 Å². The summed E-state index contributed by atoms with van der Waals surface area (Å²) in [6.07, 6.45) is 6.28. The van der Waals surface area contributed by atoms with E-state index in [0.29, 0.717) is 23.7 Å². The molecular weight excluding hydrogens is 296 g/mol. The largest absolute Gasteiger partial charge is 0.354 e. The van der Waals surface area contributed by atoms with Crippen molar-refractivity contribution in [1.29, 1.82) is 0 Å². The van der Waals surface area contributed by atoms with E-state index in [-0.39, 0.29) is 18.4 Å². The highest BCUT2D eigenvalue weighted by Crippen LogP contribution is 2.55. The molecule has 1 aromatic rings. The van der Waals surface area contributed by atoms with Crippen molar-refractivity contribution in [2.24, 2.45) is 17.8 Å². The highest BCUT2D eigenvalue weighted by atomic mass is 35.5. The number of fused-ring (bicyclic) bond motifs is 2. The van der Waals surface area contributed by atoms with Crippen LogP contribution in [0.15, 0.2) is 24.3 Å². The molecule has 2 N–H and O–H groups in total. The van der Waals surface area contributed by atoms with Gasteiger partial charge in [-0.15, -0.1) is 12.4 Å². The second-order valence-corrected chi connectivity index (χ2v) is 6.84. The van der Waals surface area contributed by atoms with Crippen LogP contribution >= 0.6 is 12.4 Å². The molecule has 0 saturated heterocycles. The third kappa shape index (κ3) is 2.89. The molecule has 1 aromatic carbocycles. The molecule has 4 heteroatoms. The Kier molecular flexibility index (Phi) is 4.74. The van der Waals surface area contributed by atoms with E-state index in [1.165, 1.54) is 36.8 Å². The van der Waals surface area contributed by atoms with Crippen molar-refractivity contribution in [1.82, 2.24) is 10.6 Å². The van der Waals surface area contributed by atoms with Gasteiger partial charge < -0.3 is 10.6 Å². The Morgan fingerprint density at radius 3 is 2.68 bits per heavy atom. The zero-order valence-electron chi connectivity index (χ0n) is 12.9. The maximum atomic E-state index is 12.4. The van der Waals surface area contributed by atoms with E-state index < -0.39 is 0 Å². The summed E-state index contributed by atoms with van der Waals surface area (Å²) in [4.78, 5) is 12.4. The molecule has 4 rings (SSSR count). The molecule has 0 bridgehead atoms. The molecule has 0 aromatic heterocycles. The van der Waals surface area contributed by atoms with Crippen LogP contribution in [0, 0.1) is 17.8 Å². The van der Waals surface area contributed by atoms with Crippen LogP contribution in [-0.2, 0) is 11.2 Å². The van der Waals surface area contributed by atoms with Gasteiger partial charge in [0.25, 0.3) is 0 Å². The Bertz CT molecular complexity index is 536. The van der Waals surface area contributed by atoms with Gasteiger partial charge in [0, 0.05) is 18.5 Å². The molecule has 2 fully saturated rings. The normalized spacial score (nSPS) is 32.2. The lowest BCUT2D eigenvalue weighted by Crippen LogP contribution is -2.39. The van der Waals surface area contributed by atoms with Crippen molar-refractivity contribution in [2.45, 2.75) is 38.1 Å². The summed E-state index contributed by atoms with van der Waals surface area (Å²) in [6.45, 7) is 1.73. The van der Waals surface area contributed by atoms with Gasteiger partial charge in [0.2, 0.25) is 5.91 Å². The van der Waals surface area contributed by atoms with Crippen molar-refractivity contribution >= 4 is 18.3 Å². The number of halogens is 1. The number of carbonyl (C=O) groups is 1. The van der Waals surface area contributed by atoms with Gasteiger partial charge in [-0.25, -0.2) is 0 Å². The van der Waals surface area contributed by atoms with Crippen LogP contribution in [0.3, 0.4) is 0 Å². The minimum absolute atomic E-state index is 0. The topological polar surface area (TPSA) is 41.1 Å². The highest BCUT2D eigenvalue weighted by molar-refractivity contribution is 5.85. The highest BCUT2D eigenvalue weighted by Gasteiger charge is 2.54. The first kappa shape index (κ1) is 15.8. The zero-order chi connectivity index (χ0) is 14.2. The van der Waals surface area contributed by atoms with Crippen LogP contribution in [0.2, 0.25) is 0 Å². The molecule has 2 aliphatic carbocycles. The van der Waals surface area contributed by atoms with E-state index in [1.807, 2.05) is 0 Å². The van der Waals surface area contributed by atoms with Gasteiger partial charge in [0.1, 0.15) is 0 Å². The Balaban J connectivity index is 0.00000144. The Morgan fingerprint density at radius 2 is 1.91 bits per heavy atom. The molecule has 22 heavy (non-hydrogen) atoms. The minimum Gasteiger partial charge on any atom is -0.354 e. The van der Waals surface area contributed by atoms with Gasteiger partial charge in [0.15, 0.2) is 0 Å². The number of benzene rings is 1. The van der Waals surface area contributed by atoms with E-state index in [1.54, 1.807) is 0 Å². The second-order valence-electron chi connectivity index (χ2n) is 6.84. The fourth-order valence-corrected chi connectivity index (χ4v) is 4.48. The lowest BCUT2D eigenvalue weighted by Gasteiger charge is -2.27. The van der Waals surface area contributed by atoms with E-state index in [4.69, 9.17) is 0 Å². The molecule has 1 aliphatic heterocycles. The molecule has 2 saturated carbocycles. The molecule has 0 spiro atoms. The van der Waals surface area contributed by atoms with Gasteiger partial charge in [-0.2, -0.15) is 0 Å². The van der Waals surface area contributed by atoms with Gasteiger partial charge in [-0.3, -0.25) is 4.79 Å². The lowest BCUT2D eigenvalue weighted by molar-refractivity contribution is -0.123. The quantitative estimate of drug-likeness (QED) is 0.899. The third-order valence-electron chi connectivity index (χ3n) is 5.66. The van der Waals surface area contributed by atoms with E-state index in [2.05, 4.69) is 34.9 Å². The summed E-state index contributed by atoms with van der Waals surface area (Å²) in [6, 6.07) is 8.88. The standard InChI is InChI=1S/C18H24N2O.ClH/c21-18(17-14-7-3-4-8-15(14)17)20-11-16-13-6-2-1-5-12(13)9-10-19-16;/h1-2,5-6,14-17,19H,3-4,7-11H2,(H,20,21);1H. The molecule has 3 nitrogen and oxygen atoms in total. The van der Waals surface area contributed by atoms with Gasteiger partial charge >= 0.3 is 0 Å². The molecule has 0 radical (unpaired) electrons. The number of nitrogens with one attached hydrogen (secondary N) is 2. The molecule has 3 atom stereocenters. The van der Waals surface area contributed by atoms with Crippen LogP contribution in [0.4, 0.5) is 0 Å². The third-order valence-corrected chi connectivity index (χ3v) is 5.66. The maximum Gasteiger partial charge on any atom is 0.223 e. The summed E-state index contributed by atoms with van der Waals surface area (Å²) < 4.78 is 0. The fraction of sp³-hybridized carbons (Fsp3) is 0.611. The molecule has 3 aliphatic rings. The van der Waals surface area contributed by atoms with Gasteiger partial charge in [-0.05, 0) is 48.8 Å². The van der Waals surface area contributed by atoms with Gasteiger partial charge in [-0.1, -0.05) is 37.1 Å². The van der Waals surface area contributed by atoms with Crippen LogP contribution in [0.1, 0.15) is 42.9 Å². The van der Waals surface area contributed by atoms with Crippen LogP contribution in [0.5, 0.6) is 0 Å². The first-order valence-corrected chi connectivity index (χ1v) is 8.43. The average Bonchev–Trinajstić information content (AvgIpc) is 3.27. The van der Waals surface area contributed by atoms with Crippen molar-refractivity contribution in [3.8, 4) is 0 Å². The smallest absolute Gasteiger partial charge is 0.223 e. The van der Waals surface area contributed by atoms with Crippen molar-refractivity contribution in [3.05, 3.63) is 35.4 Å². The Labute approximate surface area is 138 Å². The van der Waals surface area contributed by atoms with E-state index in [9.17, 15) is 4.79 Å². The SMILES string of the molecule is Cl.O=C(NCC1NCCc2ccccc21)C1C2CCCCC21. The molecule has 3 unspecified atom stereocenters. The summed E-state index contributed by atoms with van der Waals surface area (Å²) in [5.41, 5.74) is 2.79. The number of amides is 1. The van der Waals surface area contributed by atoms with Crippen LogP contribution in [0.25, 0.3) is 0 Å². The first-order valence-electron chi connectivity index (χ1n) is 8.43. The minimum atomic E-state index is 0. The summed E-state index contributed by atoms with van der Waals surface area (Å²) >= 11 is 0. The van der Waals surface area contributed by atoms with Crippen LogP contribution in [-0.4, -0.2) is 19.0 Å². The van der Waals surface area contributed by atoms with Gasteiger partial charge in [0.05, 0.1) is 0 Å². The molecule has 120 valence electrons. The number of hydrogen-bond acceptors (Lipinski definition) is 2. The summed E-state index contributed by atoms with van der Waals surface area (Å²) in [5, 5.41) is 6.75. The van der Waals surface area contributed by atoms with Crippen molar-refractivity contribution < 1.29 is 4.79 Å².